The van der Waals surface area contributed by atoms with Gasteiger partial charge in [-0.3, -0.25) is 14.9 Å². The van der Waals surface area contributed by atoms with Crippen molar-refractivity contribution in [1.29, 1.82) is 0 Å². The second-order valence-electron chi connectivity index (χ2n) is 7.24. The highest BCUT2D eigenvalue weighted by Gasteiger charge is 2.16. The first-order valence-corrected chi connectivity index (χ1v) is 10.5. The Morgan fingerprint density at radius 1 is 1.00 bits per heavy atom. The highest BCUT2D eigenvalue weighted by Crippen LogP contribution is 2.19. The molecule has 2 amide bonds. The number of carbonyl (C=O) groups excluding carboxylic acids is 2. The standard InChI is InChI=1S/C23H29N3O3S/c1-4-14-24-21(27)17-9-5-7-11-19(17)25-23(30)26-22(28)18-10-6-8-12-20(18)29-15-13-16(2)3/h5-12,16H,4,13-15H2,1-3H3,(H,24,27)(H2,25,26,28,30). The molecule has 2 aromatic rings. The second kappa shape index (κ2) is 11.9. The summed E-state index contributed by atoms with van der Waals surface area (Å²) >= 11 is 5.30. The first-order chi connectivity index (χ1) is 14.4. The lowest BCUT2D eigenvalue weighted by molar-refractivity contribution is 0.0952. The molecular formula is C23H29N3O3S. The third kappa shape index (κ3) is 7.15. The summed E-state index contributed by atoms with van der Waals surface area (Å²) in [4.78, 5) is 25.1. The maximum atomic E-state index is 12.7. The molecule has 6 nitrogen and oxygen atoms in total. The van der Waals surface area contributed by atoms with Crippen molar-refractivity contribution in [1.82, 2.24) is 10.6 Å². The molecule has 0 bridgehead atoms. The van der Waals surface area contributed by atoms with Crippen molar-refractivity contribution in [3.63, 3.8) is 0 Å². The van der Waals surface area contributed by atoms with E-state index in [1.807, 2.05) is 13.0 Å². The van der Waals surface area contributed by atoms with E-state index in [0.717, 1.165) is 12.8 Å². The molecule has 2 rings (SSSR count). The van der Waals surface area contributed by atoms with Crippen molar-refractivity contribution in [2.45, 2.75) is 33.6 Å². The molecule has 0 radical (unpaired) electrons. The Morgan fingerprint density at radius 3 is 2.37 bits per heavy atom. The van der Waals surface area contributed by atoms with Crippen LogP contribution >= 0.6 is 12.2 Å². The van der Waals surface area contributed by atoms with E-state index < -0.39 is 0 Å². The Balaban J connectivity index is 2.04. The number of thiocarbonyl (C=S) groups is 1. The van der Waals surface area contributed by atoms with E-state index in [1.165, 1.54) is 0 Å². The number of nitrogens with one attached hydrogen (secondary N) is 3. The number of carbonyl (C=O) groups is 2. The lowest BCUT2D eigenvalue weighted by Crippen LogP contribution is -2.35. The predicted octanol–water partition coefficient (Wildman–Crippen LogP) is 4.38. The van der Waals surface area contributed by atoms with Crippen molar-refractivity contribution in [3.8, 4) is 5.75 Å². The number of para-hydroxylation sites is 2. The molecule has 0 spiro atoms. The first kappa shape index (κ1) is 23.3. The van der Waals surface area contributed by atoms with Gasteiger partial charge < -0.3 is 15.4 Å². The number of amides is 2. The second-order valence-corrected chi connectivity index (χ2v) is 7.65. The number of hydrogen-bond donors (Lipinski definition) is 3. The molecule has 0 aliphatic rings. The van der Waals surface area contributed by atoms with Crippen LogP contribution in [0.3, 0.4) is 0 Å². The third-order valence-electron chi connectivity index (χ3n) is 4.27. The molecule has 0 saturated heterocycles. The summed E-state index contributed by atoms with van der Waals surface area (Å²) in [5.41, 5.74) is 1.39. The van der Waals surface area contributed by atoms with Crippen LogP contribution in [0.4, 0.5) is 5.69 Å². The van der Waals surface area contributed by atoms with Crippen molar-refractivity contribution < 1.29 is 14.3 Å². The largest absolute Gasteiger partial charge is 0.493 e. The smallest absolute Gasteiger partial charge is 0.261 e. The van der Waals surface area contributed by atoms with Crippen molar-refractivity contribution in [2.75, 3.05) is 18.5 Å². The third-order valence-corrected chi connectivity index (χ3v) is 4.47. The minimum Gasteiger partial charge on any atom is -0.493 e. The number of hydrogen-bond acceptors (Lipinski definition) is 4. The SMILES string of the molecule is CCCNC(=O)c1ccccc1NC(=S)NC(=O)c1ccccc1OCCC(C)C. The molecule has 30 heavy (non-hydrogen) atoms. The lowest BCUT2D eigenvalue weighted by atomic mass is 10.1. The number of anilines is 1. The minimum absolute atomic E-state index is 0.104. The van der Waals surface area contributed by atoms with Crippen LogP contribution in [0.5, 0.6) is 5.75 Å². The van der Waals surface area contributed by atoms with E-state index in [4.69, 9.17) is 17.0 Å². The fraction of sp³-hybridized carbons (Fsp3) is 0.348. The molecule has 0 saturated carbocycles. The zero-order valence-corrected chi connectivity index (χ0v) is 18.5. The van der Waals surface area contributed by atoms with Gasteiger partial charge in [0.15, 0.2) is 5.11 Å². The van der Waals surface area contributed by atoms with Crippen LogP contribution in [0.2, 0.25) is 0 Å². The van der Waals surface area contributed by atoms with Gasteiger partial charge in [0.1, 0.15) is 5.75 Å². The Bertz CT molecular complexity index is 884. The summed E-state index contributed by atoms with van der Waals surface area (Å²) in [7, 11) is 0. The number of benzene rings is 2. The summed E-state index contributed by atoms with van der Waals surface area (Å²) in [6.45, 7) is 7.34. The van der Waals surface area contributed by atoms with Gasteiger partial charge in [-0.05, 0) is 55.2 Å². The number of ether oxygens (including phenoxy) is 1. The fourth-order valence-electron chi connectivity index (χ4n) is 2.63. The molecule has 0 aromatic heterocycles. The number of rotatable bonds is 9. The van der Waals surface area contributed by atoms with E-state index >= 15 is 0 Å². The molecule has 0 heterocycles. The summed E-state index contributed by atoms with van der Waals surface area (Å²) in [5.74, 6) is 0.452. The minimum atomic E-state index is -0.374. The maximum absolute atomic E-state index is 12.7. The molecule has 0 aliphatic carbocycles. The van der Waals surface area contributed by atoms with E-state index in [-0.39, 0.29) is 16.9 Å². The van der Waals surface area contributed by atoms with E-state index in [0.29, 0.717) is 41.6 Å². The van der Waals surface area contributed by atoms with Gasteiger partial charge in [-0.25, -0.2) is 0 Å². The zero-order valence-electron chi connectivity index (χ0n) is 17.7. The van der Waals surface area contributed by atoms with Crippen LogP contribution in [-0.2, 0) is 0 Å². The van der Waals surface area contributed by atoms with Crippen LogP contribution in [0.1, 0.15) is 54.3 Å². The van der Waals surface area contributed by atoms with Crippen LogP contribution in [-0.4, -0.2) is 30.1 Å². The van der Waals surface area contributed by atoms with Gasteiger partial charge in [-0.15, -0.1) is 0 Å². The van der Waals surface area contributed by atoms with Crippen LogP contribution in [0.15, 0.2) is 48.5 Å². The van der Waals surface area contributed by atoms with Crippen LogP contribution < -0.4 is 20.7 Å². The zero-order chi connectivity index (χ0) is 21.9. The Labute approximate surface area is 183 Å². The molecule has 0 atom stereocenters. The average molecular weight is 428 g/mol. The average Bonchev–Trinajstić information content (AvgIpc) is 2.72. The van der Waals surface area contributed by atoms with Gasteiger partial charge in [0.25, 0.3) is 11.8 Å². The summed E-state index contributed by atoms with van der Waals surface area (Å²) in [5, 5.41) is 8.55. The van der Waals surface area contributed by atoms with Crippen molar-refractivity contribution in [2.24, 2.45) is 5.92 Å². The van der Waals surface area contributed by atoms with Gasteiger partial charge >= 0.3 is 0 Å². The Morgan fingerprint density at radius 2 is 1.67 bits per heavy atom. The Hall–Kier alpha value is -2.93. The highest BCUT2D eigenvalue weighted by molar-refractivity contribution is 7.80. The summed E-state index contributed by atoms with van der Waals surface area (Å²) in [6.07, 6.45) is 1.74. The van der Waals surface area contributed by atoms with Gasteiger partial charge in [-0.2, -0.15) is 0 Å². The topological polar surface area (TPSA) is 79.5 Å². The van der Waals surface area contributed by atoms with E-state index in [9.17, 15) is 9.59 Å². The summed E-state index contributed by atoms with van der Waals surface area (Å²) in [6, 6.07) is 14.1. The van der Waals surface area contributed by atoms with E-state index in [1.54, 1.807) is 42.5 Å². The molecule has 0 aliphatic heterocycles. The lowest BCUT2D eigenvalue weighted by Gasteiger charge is -2.15. The van der Waals surface area contributed by atoms with E-state index in [2.05, 4.69) is 29.8 Å². The van der Waals surface area contributed by atoms with Gasteiger partial charge in [0, 0.05) is 6.54 Å². The molecule has 7 heteroatoms. The van der Waals surface area contributed by atoms with Gasteiger partial charge in [-0.1, -0.05) is 45.0 Å². The van der Waals surface area contributed by atoms with Crippen LogP contribution in [0.25, 0.3) is 0 Å². The quantitative estimate of drug-likeness (QED) is 0.518. The normalized spacial score (nSPS) is 10.4. The first-order valence-electron chi connectivity index (χ1n) is 10.1. The highest BCUT2D eigenvalue weighted by atomic mass is 32.1. The van der Waals surface area contributed by atoms with Gasteiger partial charge in [0.2, 0.25) is 0 Å². The molecule has 0 fully saturated rings. The maximum Gasteiger partial charge on any atom is 0.261 e. The fourth-order valence-corrected chi connectivity index (χ4v) is 2.84. The molecule has 0 unspecified atom stereocenters. The molecule has 2 aromatic carbocycles. The monoisotopic (exact) mass is 427 g/mol. The molecule has 3 N–H and O–H groups in total. The summed E-state index contributed by atoms with van der Waals surface area (Å²) < 4.78 is 5.78. The van der Waals surface area contributed by atoms with Crippen molar-refractivity contribution >= 4 is 34.8 Å². The molecule has 160 valence electrons. The predicted molar refractivity (Wildman–Crippen MR) is 124 cm³/mol. The van der Waals surface area contributed by atoms with Gasteiger partial charge in [0.05, 0.1) is 23.4 Å². The Kier molecular flexibility index (Phi) is 9.28. The van der Waals surface area contributed by atoms with Crippen LogP contribution in [0, 0.1) is 5.92 Å². The van der Waals surface area contributed by atoms with Crippen molar-refractivity contribution in [3.05, 3.63) is 59.7 Å². The molecular weight excluding hydrogens is 398 g/mol.